The highest BCUT2D eigenvalue weighted by Gasteiger charge is 2.34. The normalized spacial score (nSPS) is 20.4. The van der Waals surface area contributed by atoms with Gasteiger partial charge < -0.3 is 10.0 Å². The van der Waals surface area contributed by atoms with Crippen LogP contribution in [0, 0.1) is 5.41 Å². The number of piperidine rings is 1. The fraction of sp³-hybridized carbons (Fsp3) is 0.611. The first kappa shape index (κ1) is 14.6. The Morgan fingerprint density at radius 2 is 1.95 bits per heavy atom. The second-order valence-corrected chi connectivity index (χ2v) is 6.64. The predicted molar refractivity (Wildman–Crippen MR) is 83.4 cm³/mol. The Kier molecular flexibility index (Phi) is 4.03. The molecule has 0 bridgehead atoms. The third-order valence-corrected chi connectivity index (χ3v) is 5.54. The van der Waals surface area contributed by atoms with Gasteiger partial charge >= 0.3 is 0 Å². The van der Waals surface area contributed by atoms with Crippen LogP contribution in [0.2, 0.25) is 0 Å². The Bertz CT molecular complexity index is 524. The fourth-order valence-corrected chi connectivity index (χ4v) is 3.70. The SMILES string of the molecule is CCC1(CO)CCN(C(=O)c2ccc3c(c2)CCC3)CC1. The van der Waals surface area contributed by atoms with E-state index in [0.717, 1.165) is 50.8 Å². The second-order valence-electron chi connectivity index (χ2n) is 6.64. The quantitative estimate of drug-likeness (QED) is 0.928. The Morgan fingerprint density at radius 3 is 2.62 bits per heavy atom. The lowest BCUT2D eigenvalue weighted by molar-refractivity contribution is 0.0338. The summed E-state index contributed by atoms with van der Waals surface area (Å²) >= 11 is 0. The van der Waals surface area contributed by atoms with Crippen molar-refractivity contribution in [2.45, 2.75) is 45.4 Å². The minimum atomic E-state index is 0.0364. The maximum absolute atomic E-state index is 12.7. The highest BCUT2D eigenvalue weighted by Crippen LogP contribution is 2.34. The molecule has 3 heteroatoms. The minimum absolute atomic E-state index is 0.0364. The van der Waals surface area contributed by atoms with Gasteiger partial charge in [0.25, 0.3) is 5.91 Å². The van der Waals surface area contributed by atoms with E-state index in [0.29, 0.717) is 0 Å². The summed E-state index contributed by atoms with van der Waals surface area (Å²) in [6, 6.07) is 6.21. The standard InChI is InChI=1S/C18H25NO2/c1-2-18(13-20)8-10-19(11-9-18)17(21)16-7-6-14-4-3-5-15(14)12-16/h6-7,12,20H,2-5,8-11,13H2,1H3. The molecule has 0 unspecified atom stereocenters. The molecule has 0 saturated carbocycles. The molecule has 1 amide bonds. The van der Waals surface area contributed by atoms with Crippen molar-refractivity contribution >= 4 is 5.91 Å². The molecule has 0 spiro atoms. The summed E-state index contributed by atoms with van der Waals surface area (Å²) < 4.78 is 0. The molecule has 114 valence electrons. The average molecular weight is 287 g/mol. The number of nitrogens with zero attached hydrogens (tertiary/aromatic N) is 1. The summed E-state index contributed by atoms with van der Waals surface area (Å²) in [7, 11) is 0. The van der Waals surface area contributed by atoms with Crippen LogP contribution in [0.15, 0.2) is 18.2 Å². The smallest absolute Gasteiger partial charge is 0.253 e. The van der Waals surface area contributed by atoms with Crippen molar-refractivity contribution in [3.63, 3.8) is 0 Å². The molecular formula is C18H25NO2. The summed E-state index contributed by atoms with van der Waals surface area (Å²) in [5.74, 6) is 0.160. The van der Waals surface area contributed by atoms with E-state index in [1.807, 2.05) is 11.0 Å². The Hall–Kier alpha value is -1.35. The molecule has 1 aromatic rings. The molecular weight excluding hydrogens is 262 g/mol. The van der Waals surface area contributed by atoms with Crippen LogP contribution in [0.5, 0.6) is 0 Å². The van der Waals surface area contributed by atoms with E-state index in [-0.39, 0.29) is 17.9 Å². The maximum atomic E-state index is 12.7. The van der Waals surface area contributed by atoms with E-state index in [1.165, 1.54) is 17.5 Å². The number of likely N-dealkylation sites (tertiary alicyclic amines) is 1. The highest BCUT2D eigenvalue weighted by molar-refractivity contribution is 5.94. The van der Waals surface area contributed by atoms with Crippen LogP contribution in [0.4, 0.5) is 0 Å². The van der Waals surface area contributed by atoms with Gasteiger partial charge in [0.1, 0.15) is 0 Å². The van der Waals surface area contributed by atoms with Gasteiger partial charge in [-0.05, 0) is 67.2 Å². The largest absolute Gasteiger partial charge is 0.396 e. The molecule has 1 aromatic carbocycles. The van der Waals surface area contributed by atoms with Gasteiger partial charge in [-0.1, -0.05) is 13.0 Å². The molecule has 0 radical (unpaired) electrons. The third kappa shape index (κ3) is 2.71. The van der Waals surface area contributed by atoms with Gasteiger partial charge in [0.05, 0.1) is 0 Å². The first-order chi connectivity index (χ1) is 10.2. The molecule has 21 heavy (non-hydrogen) atoms. The molecule has 3 rings (SSSR count). The van der Waals surface area contributed by atoms with E-state index < -0.39 is 0 Å². The highest BCUT2D eigenvalue weighted by atomic mass is 16.3. The van der Waals surface area contributed by atoms with Crippen molar-refractivity contribution in [1.29, 1.82) is 0 Å². The molecule has 0 atom stereocenters. The topological polar surface area (TPSA) is 40.5 Å². The van der Waals surface area contributed by atoms with Crippen LogP contribution in [0.1, 0.15) is 54.1 Å². The van der Waals surface area contributed by atoms with Gasteiger partial charge in [0.2, 0.25) is 0 Å². The van der Waals surface area contributed by atoms with Gasteiger partial charge in [0, 0.05) is 25.3 Å². The number of benzene rings is 1. The average Bonchev–Trinajstić information content (AvgIpc) is 3.02. The van der Waals surface area contributed by atoms with E-state index in [9.17, 15) is 9.90 Å². The predicted octanol–water partition coefficient (Wildman–Crippen LogP) is 2.80. The minimum Gasteiger partial charge on any atom is -0.396 e. The maximum Gasteiger partial charge on any atom is 0.253 e. The number of amides is 1. The number of carbonyl (C=O) groups is 1. The molecule has 1 fully saturated rings. The molecule has 0 aromatic heterocycles. The summed E-state index contributed by atoms with van der Waals surface area (Å²) in [6.07, 6.45) is 6.30. The summed E-state index contributed by atoms with van der Waals surface area (Å²) in [6.45, 7) is 3.91. The Balaban J connectivity index is 1.69. The first-order valence-corrected chi connectivity index (χ1v) is 8.19. The molecule has 3 nitrogen and oxygen atoms in total. The van der Waals surface area contributed by atoms with Gasteiger partial charge in [-0.2, -0.15) is 0 Å². The van der Waals surface area contributed by atoms with Crippen LogP contribution in [0.25, 0.3) is 0 Å². The van der Waals surface area contributed by atoms with Gasteiger partial charge in [-0.25, -0.2) is 0 Å². The molecule has 1 aliphatic heterocycles. The van der Waals surface area contributed by atoms with E-state index in [1.54, 1.807) is 0 Å². The van der Waals surface area contributed by atoms with Crippen molar-refractivity contribution < 1.29 is 9.90 Å². The Labute approximate surface area is 127 Å². The Morgan fingerprint density at radius 1 is 1.24 bits per heavy atom. The molecule has 1 heterocycles. The van der Waals surface area contributed by atoms with Crippen LogP contribution < -0.4 is 0 Å². The van der Waals surface area contributed by atoms with Crippen molar-refractivity contribution in [3.05, 3.63) is 34.9 Å². The fourth-order valence-electron chi connectivity index (χ4n) is 3.70. The number of aliphatic hydroxyl groups is 1. The number of carbonyl (C=O) groups excluding carboxylic acids is 1. The summed E-state index contributed by atoms with van der Waals surface area (Å²) in [5.41, 5.74) is 3.64. The number of fused-ring (bicyclic) bond motifs is 1. The third-order valence-electron chi connectivity index (χ3n) is 5.54. The zero-order chi connectivity index (χ0) is 14.9. The number of hydrogen-bond donors (Lipinski definition) is 1. The lowest BCUT2D eigenvalue weighted by atomic mass is 9.77. The van der Waals surface area contributed by atoms with Crippen LogP contribution in [-0.2, 0) is 12.8 Å². The van der Waals surface area contributed by atoms with E-state index in [2.05, 4.69) is 19.1 Å². The van der Waals surface area contributed by atoms with Crippen molar-refractivity contribution in [2.24, 2.45) is 5.41 Å². The zero-order valence-electron chi connectivity index (χ0n) is 12.9. The van der Waals surface area contributed by atoms with Gasteiger partial charge in [0.15, 0.2) is 0 Å². The number of hydrogen-bond acceptors (Lipinski definition) is 2. The number of rotatable bonds is 3. The molecule has 1 N–H and O–H groups in total. The van der Waals surface area contributed by atoms with Crippen LogP contribution in [-0.4, -0.2) is 35.6 Å². The summed E-state index contributed by atoms with van der Waals surface area (Å²) in [4.78, 5) is 14.6. The summed E-state index contributed by atoms with van der Waals surface area (Å²) in [5, 5.41) is 9.59. The van der Waals surface area contributed by atoms with Crippen LogP contribution in [0.3, 0.4) is 0 Å². The lowest BCUT2D eigenvalue weighted by Crippen LogP contribution is -2.44. The monoisotopic (exact) mass is 287 g/mol. The molecule has 1 aliphatic carbocycles. The van der Waals surface area contributed by atoms with E-state index >= 15 is 0 Å². The zero-order valence-corrected chi connectivity index (χ0v) is 12.9. The molecule has 1 saturated heterocycles. The lowest BCUT2D eigenvalue weighted by Gasteiger charge is -2.40. The first-order valence-electron chi connectivity index (χ1n) is 8.19. The second kappa shape index (κ2) is 5.80. The number of aryl methyl sites for hydroxylation is 2. The van der Waals surface area contributed by atoms with Crippen molar-refractivity contribution in [1.82, 2.24) is 4.90 Å². The molecule has 2 aliphatic rings. The van der Waals surface area contributed by atoms with E-state index in [4.69, 9.17) is 0 Å². The van der Waals surface area contributed by atoms with Crippen LogP contribution >= 0.6 is 0 Å². The van der Waals surface area contributed by atoms with Crippen molar-refractivity contribution in [3.8, 4) is 0 Å². The van der Waals surface area contributed by atoms with Crippen molar-refractivity contribution in [2.75, 3.05) is 19.7 Å². The van der Waals surface area contributed by atoms with Gasteiger partial charge in [-0.15, -0.1) is 0 Å². The van der Waals surface area contributed by atoms with Gasteiger partial charge in [-0.3, -0.25) is 4.79 Å². The number of aliphatic hydroxyl groups excluding tert-OH is 1.